The molecule has 0 aromatic heterocycles. The number of amides is 2. The molecule has 1 aliphatic heterocycles. The van der Waals surface area contributed by atoms with Crippen LogP contribution in [0.15, 0.2) is 24.3 Å². The average molecular weight is 292 g/mol. The topological polar surface area (TPSA) is 49.4 Å². The van der Waals surface area contributed by atoms with Gasteiger partial charge >= 0.3 is 0 Å². The molecule has 0 saturated carbocycles. The zero-order chi connectivity index (χ0) is 15.2. The number of nitrogens with zero attached hydrogens (tertiary/aromatic N) is 1. The highest BCUT2D eigenvalue weighted by Gasteiger charge is 2.28. The first kappa shape index (κ1) is 15.5. The third-order valence-electron chi connectivity index (χ3n) is 3.79. The summed E-state index contributed by atoms with van der Waals surface area (Å²) in [6.07, 6.45) is 3.06. The zero-order valence-electron chi connectivity index (χ0n) is 12.3. The first-order chi connectivity index (χ1) is 10.1. The van der Waals surface area contributed by atoms with Crippen LogP contribution in [0.5, 0.6) is 0 Å². The van der Waals surface area contributed by atoms with Crippen LogP contribution < -0.4 is 5.32 Å². The summed E-state index contributed by atoms with van der Waals surface area (Å²) in [6, 6.07) is 6.63. The van der Waals surface area contributed by atoms with Gasteiger partial charge in [0.25, 0.3) is 0 Å². The minimum Gasteiger partial charge on any atom is -0.356 e. The Labute approximate surface area is 124 Å². The van der Waals surface area contributed by atoms with Crippen LogP contribution in [0.25, 0.3) is 0 Å². The molecule has 5 heteroatoms. The van der Waals surface area contributed by atoms with Crippen molar-refractivity contribution in [3.8, 4) is 0 Å². The first-order valence-electron chi connectivity index (χ1n) is 7.34. The van der Waals surface area contributed by atoms with E-state index in [1.54, 1.807) is 12.1 Å². The Bertz CT molecular complexity index is 502. The van der Waals surface area contributed by atoms with Gasteiger partial charge in [-0.3, -0.25) is 9.59 Å². The van der Waals surface area contributed by atoms with E-state index in [9.17, 15) is 14.0 Å². The van der Waals surface area contributed by atoms with Crippen molar-refractivity contribution < 1.29 is 14.0 Å². The summed E-state index contributed by atoms with van der Waals surface area (Å²) in [5.74, 6) is -0.283. The van der Waals surface area contributed by atoms with E-state index in [2.05, 4.69) is 5.32 Å². The molecule has 0 spiro atoms. The molecule has 1 fully saturated rings. The molecule has 1 aromatic carbocycles. The van der Waals surface area contributed by atoms with Gasteiger partial charge in [0, 0.05) is 32.5 Å². The Kier molecular flexibility index (Phi) is 5.31. The molecular weight excluding hydrogens is 271 g/mol. The number of carbonyl (C=O) groups excluding carboxylic acids is 2. The van der Waals surface area contributed by atoms with Crippen LogP contribution >= 0.6 is 0 Å². The number of hydrogen-bond acceptors (Lipinski definition) is 2. The fraction of sp³-hybridized carbons (Fsp3) is 0.500. The van der Waals surface area contributed by atoms with Gasteiger partial charge in [0.1, 0.15) is 5.82 Å². The van der Waals surface area contributed by atoms with Crippen molar-refractivity contribution in [2.75, 3.05) is 13.1 Å². The first-order valence-corrected chi connectivity index (χ1v) is 7.34. The summed E-state index contributed by atoms with van der Waals surface area (Å²) < 4.78 is 12.9. The lowest BCUT2D eigenvalue weighted by Crippen LogP contribution is -2.38. The van der Waals surface area contributed by atoms with E-state index >= 15 is 0 Å². The van der Waals surface area contributed by atoms with E-state index in [-0.39, 0.29) is 23.7 Å². The number of carbonyl (C=O) groups is 2. The molecule has 1 unspecified atom stereocenters. The van der Waals surface area contributed by atoms with Crippen LogP contribution in [-0.4, -0.2) is 35.8 Å². The Morgan fingerprint density at radius 3 is 2.71 bits per heavy atom. The second kappa shape index (κ2) is 7.20. The summed E-state index contributed by atoms with van der Waals surface area (Å²) >= 11 is 0. The Hall–Kier alpha value is -1.91. The second-order valence-corrected chi connectivity index (χ2v) is 5.45. The molecule has 1 aromatic rings. The van der Waals surface area contributed by atoms with E-state index in [1.165, 1.54) is 19.1 Å². The van der Waals surface area contributed by atoms with Gasteiger partial charge in [-0.05, 0) is 37.0 Å². The highest BCUT2D eigenvalue weighted by molar-refractivity contribution is 5.78. The molecule has 1 N–H and O–H groups in total. The molecule has 114 valence electrons. The summed E-state index contributed by atoms with van der Waals surface area (Å²) in [5, 5.41) is 2.64. The van der Waals surface area contributed by atoms with E-state index in [0.717, 1.165) is 31.4 Å². The van der Waals surface area contributed by atoms with Gasteiger partial charge in [-0.15, -0.1) is 0 Å². The maximum absolute atomic E-state index is 12.9. The molecule has 2 rings (SSSR count). The fourth-order valence-electron chi connectivity index (χ4n) is 2.76. The summed E-state index contributed by atoms with van der Waals surface area (Å²) in [5.41, 5.74) is 1.04. The number of nitrogens with one attached hydrogen (secondary N) is 1. The normalized spacial score (nSPS) is 17.8. The minimum absolute atomic E-state index is 0.0772. The summed E-state index contributed by atoms with van der Waals surface area (Å²) in [6.45, 7) is 2.59. The van der Waals surface area contributed by atoms with Crippen molar-refractivity contribution in [2.24, 2.45) is 0 Å². The van der Waals surface area contributed by atoms with Crippen molar-refractivity contribution in [1.29, 1.82) is 0 Å². The predicted molar refractivity (Wildman–Crippen MR) is 78.1 cm³/mol. The second-order valence-electron chi connectivity index (χ2n) is 5.45. The number of benzene rings is 1. The Balaban J connectivity index is 1.88. The van der Waals surface area contributed by atoms with Crippen molar-refractivity contribution in [1.82, 2.24) is 10.2 Å². The van der Waals surface area contributed by atoms with E-state index in [0.29, 0.717) is 13.0 Å². The van der Waals surface area contributed by atoms with E-state index in [4.69, 9.17) is 0 Å². The monoisotopic (exact) mass is 292 g/mol. The van der Waals surface area contributed by atoms with Crippen LogP contribution in [0, 0.1) is 5.82 Å². The molecule has 2 amide bonds. The molecule has 4 nitrogen and oxygen atoms in total. The number of likely N-dealkylation sites (tertiary alicyclic amines) is 1. The van der Waals surface area contributed by atoms with Crippen molar-refractivity contribution >= 4 is 11.8 Å². The third kappa shape index (κ3) is 4.55. The van der Waals surface area contributed by atoms with Crippen LogP contribution in [0.2, 0.25) is 0 Å². The van der Waals surface area contributed by atoms with Gasteiger partial charge in [-0.1, -0.05) is 12.1 Å². The maximum atomic E-state index is 12.9. The van der Waals surface area contributed by atoms with Gasteiger partial charge in [0.15, 0.2) is 0 Å². The van der Waals surface area contributed by atoms with Gasteiger partial charge in [0.05, 0.1) is 0 Å². The molecule has 0 aliphatic carbocycles. The summed E-state index contributed by atoms with van der Waals surface area (Å²) in [7, 11) is 0. The Morgan fingerprint density at radius 2 is 2.05 bits per heavy atom. The maximum Gasteiger partial charge on any atom is 0.224 e. The molecule has 1 aliphatic rings. The highest BCUT2D eigenvalue weighted by Crippen LogP contribution is 2.22. The molecule has 1 heterocycles. The standard InChI is InChI=1S/C16H21FN2O2/c1-12(20)18-9-8-16(21)19-10-2-3-15(19)11-13-4-6-14(17)7-5-13/h4-7,15H,2-3,8-11H2,1H3,(H,18,20). The molecule has 0 bridgehead atoms. The Morgan fingerprint density at radius 1 is 1.33 bits per heavy atom. The van der Waals surface area contributed by atoms with Gasteiger partial charge < -0.3 is 10.2 Å². The van der Waals surface area contributed by atoms with Crippen LogP contribution in [0.4, 0.5) is 4.39 Å². The lowest BCUT2D eigenvalue weighted by Gasteiger charge is -2.25. The van der Waals surface area contributed by atoms with Gasteiger partial charge in [0.2, 0.25) is 11.8 Å². The average Bonchev–Trinajstić information content (AvgIpc) is 2.89. The SMILES string of the molecule is CC(=O)NCCC(=O)N1CCCC1Cc1ccc(F)cc1. The van der Waals surface area contributed by atoms with Crippen LogP contribution in [-0.2, 0) is 16.0 Å². The smallest absolute Gasteiger partial charge is 0.224 e. The van der Waals surface area contributed by atoms with Crippen molar-refractivity contribution in [3.05, 3.63) is 35.6 Å². The van der Waals surface area contributed by atoms with E-state index < -0.39 is 0 Å². The minimum atomic E-state index is -0.242. The number of hydrogen-bond donors (Lipinski definition) is 1. The van der Waals surface area contributed by atoms with Crippen LogP contribution in [0.3, 0.4) is 0 Å². The van der Waals surface area contributed by atoms with Crippen molar-refractivity contribution in [2.45, 2.75) is 38.6 Å². The van der Waals surface area contributed by atoms with Gasteiger partial charge in [-0.2, -0.15) is 0 Å². The third-order valence-corrected chi connectivity index (χ3v) is 3.79. The molecule has 0 radical (unpaired) electrons. The molecule has 21 heavy (non-hydrogen) atoms. The quantitative estimate of drug-likeness (QED) is 0.901. The lowest BCUT2D eigenvalue weighted by atomic mass is 10.0. The predicted octanol–water partition coefficient (Wildman–Crippen LogP) is 1.89. The highest BCUT2D eigenvalue weighted by atomic mass is 19.1. The van der Waals surface area contributed by atoms with Crippen LogP contribution in [0.1, 0.15) is 31.7 Å². The fourth-order valence-corrected chi connectivity index (χ4v) is 2.76. The molecule has 1 atom stereocenters. The zero-order valence-corrected chi connectivity index (χ0v) is 12.3. The number of rotatable bonds is 5. The number of halogens is 1. The van der Waals surface area contributed by atoms with Gasteiger partial charge in [-0.25, -0.2) is 4.39 Å². The van der Waals surface area contributed by atoms with Crippen molar-refractivity contribution in [3.63, 3.8) is 0 Å². The molecular formula is C16H21FN2O2. The largest absolute Gasteiger partial charge is 0.356 e. The van der Waals surface area contributed by atoms with E-state index in [1.807, 2.05) is 4.90 Å². The lowest BCUT2D eigenvalue weighted by molar-refractivity contribution is -0.131. The summed E-state index contributed by atoms with van der Waals surface area (Å²) in [4.78, 5) is 24.9. The molecule has 1 saturated heterocycles.